The Morgan fingerprint density at radius 2 is 2.06 bits per heavy atom. The maximum absolute atomic E-state index is 5.31. The number of ether oxygens (including phenoxy) is 1. The molecule has 0 fully saturated rings. The summed E-state index contributed by atoms with van der Waals surface area (Å²) >= 11 is 0. The number of hydrogen-bond acceptors (Lipinski definition) is 2. The summed E-state index contributed by atoms with van der Waals surface area (Å²) in [6.07, 6.45) is 5.32. The van der Waals surface area contributed by atoms with Gasteiger partial charge in [0.15, 0.2) is 0 Å². The molecule has 2 aromatic rings. The van der Waals surface area contributed by atoms with Crippen LogP contribution in [0.4, 0.5) is 0 Å². The number of nitrogens with zero attached hydrogens (tertiary/aromatic N) is 1. The second-order valence-electron chi connectivity index (χ2n) is 4.34. The molecule has 1 aromatic carbocycles. The first kappa shape index (κ1) is 12.6. The number of unbranched alkanes of at least 4 members (excludes halogenated alkanes) is 1. The van der Waals surface area contributed by atoms with E-state index in [4.69, 9.17) is 4.74 Å². The van der Waals surface area contributed by atoms with Gasteiger partial charge in [-0.3, -0.25) is 4.98 Å². The molecule has 0 saturated carbocycles. The highest BCUT2D eigenvalue weighted by molar-refractivity contribution is 5.65. The second kappa shape index (κ2) is 6.20. The lowest BCUT2D eigenvalue weighted by Crippen LogP contribution is -1.93. The Morgan fingerprint density at radius 3 is 2.72 bits per heavy atom. The predicted molar refractivity (Wildman–Crippen MR) is 74.8 cm³/mol. The van der Waals surface area contributed by atoms with Crippen LogP contribution in [0.2, 0.25) is 0 Å². The monoisotopic (exact) mass is 241 g/mol. The Balaban J connectivity index is 2.41. The van der Waals surface area contributed by atoms with Gasteiger partial charge in [0.05, 0.1) is 12.8 Å². The number of aryl methyl sites for hydroxylation is 1. The molecule has 0 aliphatic heterocycles. The van der Waals surface area contributed by atoms with Crippen LogP contribution in [0.5, 0.6) is 5.75 Å². The topological polar surface area (TPSA) is 22.1 Å². The smallest absolute Gasteiger partial charge is 0.119 e. The molecule has 0 N–H and O–H groups in total. The molecular weight excluding hydrogens is 222 g/mol. The molecule has 1 heterocycles. The lowest BCUT2D eigenvalue weighted by molar-refractivity contribution is 0.415. The van der Waals surface area contributed by atoms with Crippen molar-refractivity contribution >= 4 is 0 Å². The highest BCUT2D eigenvalue weighted by Crippen LogP contribution is 2.27. The summed E-state index contributed by atoms with van der Waals surface area (Å²) in [5, 5.41) is 0. The second-order valence-corrected chi connectivity index (χ2v) is 4.34. The minimum absolute atomic E-state index is 0.885. The number of aromatic nitrogens is 1. The van der Waals surface area contributed by atoms with E-state index >= 15 is 0 Å². The van der Waals surface area contributed by atoms with Crippen molar-refractivity contribution in [3.8, 4) is 17.0 Å². The van der Waals surface area contributed by atoms with E-state index in [9.17, 15) is 0 Å². The van der Waals surface area contributed by atoms with Crippen molar-refractivity contribution in [1.29, 1.82) is 0 Å². The van der Waals surface area contributed by atoms with Crippen molar-refractivity contribution in [3.63, 3.8) is 0 Å². The quantitative estimate of drug-likeness (QED) is 0.786. The predicted octanol–water partition coefficient (Wildman–Crippen LogP) is 4.10. The van der Waals surface area contributed by atoms with Gasteiger partial charge in [-0.05, 0) is 42.7 Å². The normalized spacial score (nSPS) is 10.3. The molecule has 2 heteroatoms. The summed E-state index contributed by atoms with van der Waals surface area (Å²) in [6, 6.07) is 12.3. The van der Waals surface area contributed by atoms with Gasteiger partial charge < -0.3 is 4.74 Å². The highest BCUT2D eigenvalue weighted by Gasteiger charge is 2.07. The molecule has 0 radical (unpaired) electrons. The summed E-state index contributed by atoms with van der Waals surface area (Å²) in [4.78, 5) is 4.44. The maximum atomic E-state index is 5.31. The summed E-state index contributed by atoms with van der Waals surface area (Å²) in [5.41, 5.74) is 3.54. The molecule has 0 atom stereocenters. The zero-order chi connectivity index (χ0) is 12.8. The minimum atomic E-state index is 0.885. The van der Waals surface area contributed by atoms with Crippen LogP contribution < -0.4 is 4.74 Å². The highest BCUT2D eigenvalue weighted by atomic mass is 16.5. The summed E-state index contributed by atoms with van der Waals surface area (Å²) < 4.78 is 5.31. The Labute approximate surface area is 109 Å². The van der Waals surface area contributed by atoms with Gasteiger partial charge in [-0.25, -0.2) is 0 Å². The third kappa shape index (κ3) is 2.89. The van der Waals surface area contributed by atoms with Gasteiger partial charge in [0, 0.05) is 11.8 Å². The minimum Gasteiger partial charge on any atom is -0.497 e. The van der Waals surface area contributed by atoms with Crippen LogP contribution in [0.3, 0.4) is 0 Å². The number of benzene rings is 1. The average molecular weight is 241 g/mol. The fraction of sp³-hybridized carbons (Fsp3) is 0.312. The Bertz CT molecular complexity index is 494. The molecule has 0 bridgehead atoms. The van der Waals surface area contributed by atoms with Crippen molar-refractivity contribution in [2.75, 3.05) is 7.11 Å². The molecule has 0 aliphatic rings. The van der Waals surface area contributed by atoms with Gasteiger partial charge >= 0.3 is 0 Å². The van der Waals surface area contributed by atoms with E-state index in [0.717, 1.165) is 17.9 Å². The lowest BCUT2D eigenvalue weighted by Gasteiger charge is -2.10. The molecule has 2 rings (SSSR count). The number of rotatable bonds is 5. The number of pyridine rings is 1. The summed E-state index contributed by atoms with van der Waals surface area (Å²) in [5.74, 6) is 0.885. The van der Waals surface area contributed by atoms with E-state index in [1.165, 1.54) is 24.0 Å². The van der Waals surface area contributed by atoms with Crippen LogP contribution in [-0.4, -0.2) is 12.1 Å². The first-order chi connectivity index (χ1) is 8.85. The summed E-state index contributed by atoms with van der Waals surface area (Å²) in [7, 11) is 1.70. The Kier molecular flexibility index (Phi) is 4.35. The van der Waals surface area contributed by atoms with E-state index in [0.29, 0.717) is 0 Å². The molecule has 0 saturated heterocycles. The number of hydrogen-bond donors (Lipinski definition) is 0. The molecule has 2 nitrogen and oxygen atoms in total. The fourth-order valence-corrected chi connectivity index (χ4v) is 2.03. The van der Waals surface area contributed by atoms with E-state index in [-0.39, 0.29) is 0 Å². The van der Waals surface area contributed by atoms with Crippen molar-refractivity contribution < 1.29 is 4.74 Å². The molecular formula is C16H19NO. The van der Waals surface area contributed by atoms with Gasteiger partial charge in [-0.2, -0.15) is 0 Å². The maximum Gasteiger partial charge on any atom is 0.119 e. The van der Waals surface area contributed by atoms with Crippen molar-refractivity contribution in [2.45, 2.75) is 26.2 Å². The van der Waals surface area contributed by atoms with Crippen LogP contribution in [0.25, 0.3) is 11.3 Å². The Morgan fingerprint density at radius 1 is 1.17 bits per heavy atom. The van der Waals surface area contributed by atoms with E-state index < -0.39 is 0 Å². The molecule has 0 aliphatic carbocycles. The van der Waals surface area contributed by atoms with Crippen LogP contribution >= 0.6 is 0 Å². The molecule has 94 valence electrons. The van der Waals surface area contributed by atoms with Crippen molar-refractivity contribution in [2.24, 2.45) is 0 Å². The van der Waals surface area contributed by atoms with Crippen LogP contribution in [0.1, 0.15) is 25.3 Å². The SMILES string of the molecule is CCCCc1ccc(OC)cc1-c1ccccn1. The average Bonchev–Trinajstić information content (AvgIpc) is 2.46. The zero-order valence-corrected chi connectivity index (χ0v) is 11.0. The van der Waals surface area contributed by atoms with Gasteiger partial charge in [0.2, 0.25) is 0 Å². The lowest BCUT2D eigenvalue weighted by atomic mass is 9.99. The first-order valence-electron chi connectivity index (χ1n) is 6.43. The van der Waals surface area contributed by atoms with Crippen LogP contribution in [0, 0.1) is 0 Å². The van der Waals surface area contributed by atoms with Gasteiger partial charge in [0.25, 0.3) is 0 Å². The van der Waals surface area contributed by atoms with Gasteiger partial charge in [-0.15, -0.1) is 0 Å². The van der Waals surface area contributed by atoms with Crippen molar-refractivity contribution in [1.82, 2.24) is 4.98 Å². The van der Waals surface area contributed by atoms with Crippen LogP contribution in [-0.2, 0) is 6.42 Å². The third-order valence-corrected chi connectivity index (χ3v) is 3.06. The standard InChI is InChI=1S/C16H19NO/c1-3-4-7-13-9-10-14(18-2)12-15(13)16-8-5-6-11-17-16/h5-6,8-12H,3-4,7H2,1-2H3. The Hall–Kier alpha value is -1.83. The number of methoxy groups -OCH3 is 1. The molecule has 0 unspecified atom stereocenters. The van der Waals surface area contributed by atoms with Crippen molar-refractivity contribution in [3.05, 3.63) is 48.2 Å². The fourth-order valence-electron chi connectivity index (χ4n) is 2.03. The van der Waals surface area contributed by atoms with Gasteiger partial charge in [0.1, 0.15) is 5.75 Å². The molecule has 18 heavy (non-hydrogen) atoms. The first-order valence-corrected chi connectivity index (χ1v) is 6.43. The van der Waals surface area contributed by atoms with E-state index in [1.807, 2.05) is 30.5 Å². The van der Waals surface area contributed by atoms with Gasteiger partial charge in [-0.1, -0.05) is 25.5 Å². The van der Waals surface area contributed by atoms with Crippen LogP contribution in [0.15, 0.2) is 42.6 Å². The molecule has 0 spiro atoms. The molecule has 0 amide bonds. The molecule has 1 aromatic heterocycles. The zero-order valence-electron chi connectivity index (χ0n) is 11.0. The summed E-state index contributed by atoms with van der Waals surface area (Å²) in [6.45, 7) is 2.21. The van der Waals surface area contributed by atoms with E-state index in [2.05, 4.69) is 24.0 Å². The largest absolute Gasteiger partial charge is 0.497 e. The van der Waals surface area contributed by atoms with E-state index in [1.54, 1.807) is 7.11 Å². The third-order valence-electron chi connectivity index (χ3n) is 3.06.